The van der Waals surface area contributed by atoms with E-state index < -0.39 is 0 Å². The molecule has 0 bridgehead atoms. The van der Waals surface area contributed by atoms with Crippen LogP contribution < -0.4 is 0 Å². The average molecular weight is 517 g/mol. The first-order valence-corrected chi connectivity index (χ1v) is 12.4. The number of rotatable bonds is 4. The molecule has 11 heteroatoms. The molecule has 9 nitrogen and oxygen atoms in total. The number of fused-ring (bicyclic) bond motifs is 1. The monoisotopic (exact) mass is 516 g/mol. The Kier molecular flexibility index (Phi) is 7.08. The molecule has 5 rings (SSSR count). The van der Waals surface area contributed by atoms with Gasteiger partial charge < -0.3 is 14.5 Å². The van der Waals surface area contributed by atoms with E-state index in [0.29, 0.717) is 53.3 Å². The molecule has 0 saturated carbocycles. The summed E-state index contributed by atoms with van der Waals surface area (Å²) in [6.07, 6.45) is 1.50. The summed E-state index contributed by atoms with van der Waals surface area (Å²) < 4.78 is 5.46. The Balaban J connectivity index is 1.07. The number of hydrogen-bond acceptors (Lipinski definition) is 6. The topological polar surface area (TPSA) is 94.7 Å². The molecule has 2 fully saturated rings. The van der Waals surface area contributed by atoms with Crippen LogP contribution in [0.25, 0.3) is 11.0 Å². The fraction of sp³-hybridized carbons (Fsp3) is 0.417. The van der Waals surface area contributed by atoms with Crippen LogP contribution in [0, 0.1) is 0 Å². The summed E-state index contributed by atoms with van der Waals surface area (Å²) in [5.74, 6) is 0.0295. The number of nitrogens with zero attached hydrogens (tertiary/aromatic N) is 5. The number of hydrogen-bond donors (Lipinski definition) is 1. The second-order valence-electron chi connectivity index (χ2n) is 8.92. The number of carbonyl (C=O) groups excluding carboxylic acids is 2. The maximum Gasteiger partial charge on any atom is 0.410 e. The number of likely N-dealkylation sites (tertiary alicyclic amines) is 1. The Bertz CT molecular complexity index is 1200. The number of benzene rings is 2. The van der Waals surface area contributed by atoms with Gasteiger partial charge in [0.05, 0.1) is 5.52 Å². The molecule has 0 spiro atoms. The summed E-state index contributed by atoms with van der Waals surface area (Å²) in [5.41, 5.74) is 2.91. The van der Waals surface area contributed by atoms with E-state index in [1.165, 1.54) is 0 Å². The van der Waals surface area contributed by atoms with Crippen LogP contribution in [0.4, 0.5) is 4.79 Å². The van der Waals surface area contributed by atoms with Gasteiger partial charge in [0.15, 0.2) is 0 Å². The molecule has 35 heavy (non-hydrogen) atoms. The highest BCUT2D eigenvalue weighted by Gasteiger charge is 2.31. The van der Waals surface area contributed by atoms with Crippen LogP contribution in [0.1, 0.15) is 28.8 Å². The molecule has 2 aliphatic heterocycles. The van der Waals surface area contributed by atoms with Gasteiger partial charge in [0.1, 0.15) is 12.1 Å². The van der Waals surface area contributed by atoms with Crippen molar-refractivity contribution in [2.24, 2.45) is 0 Å². The van der Waals surface area contributed by atoms with Crippen LogP contribution in [0.2, 0.25) is 10.0 Å². The van der Waals surface area contributed by atoms with Crippen molar-refractivity contribution in [3.63, 3.8) is 0 Å². The Morgan fingerprint density at radius 2 is 1.66 bits per heavy atom. The largest absolute Gasteiger partial charge is 0.445 e. The number of piperazine rings is 1. The molecule has 2 amide bonds. The summed E-state index contributed by atoms with van der Waals surface area (Å²) in [7, 11) is 0. The predicted molar refractivity (Wildman–Crippen MR) is 133 cm³/mol. The first-order chi connectivity index (χ1) is 17.0. The van der Waals surface area contributed by atoms with Gasteiger partial charge in [-0.05, 0) is 54.8 Å². The minimum Gasteiger partial charge on any atom is -0.445 e. The zero-order valence-corrected chi connectivity index (χ0v) is 20.6. The van der Waals surface area contributed by atoms with E-state index >= 15 is 0 Å². The fourth-order valence-electron chi connectivity index (χ4n) is 4.79. The Labute approximate surface area is 212 Å². The summed E-state index contributed by atoms with van der Waals surface area (Å²) in [4.78, 5) is 31.5. The van der Waals surface area contributed by atoms with Crippen LogP contribution in [-0.2, 0) is 11.3 Å². The molecule has 2 aliphatic rings. The van der Waals surface area contributed by atoms with Gasteiger partial charge in [-0.2, -0.15) is 0 Å². The number of piperidine rings is 1. The number of carbonyl (C=O) groups is 2. The number of aromatic nitrogens is 3. The minimum atomic E-state index is -0.328. The first-order valence-electron chi connectivity index (χ1n) is 11.7. The van der Waals surface area contributed by atoms with E-state index in [9.17, 15) is 9.59 Å². The molecule has 1 aromatic heterocycles. The fourth-order valence-corrected chi connectivity index (χ4v) is 5.36. The third-order valence-corrected chi connectivity index (χ3v) is 7.13. The van der Waals surface area contributed by atoms with Crippen molar-refractivity contribution in [3.05, 3.63) is 57.6 Å². The lowest BCUT2D eigenvalue weighted by Crippen LogP contribution is -2.54. The number of amides is 2. The zero-order chi connectivity index (χ0) is 24.4. The van der Waals surface area contributed by atoms with Crippen LogP contribution in [0.5, 0.6) is 0 Å². The van der Waals surface area contributed by atoms with Crippen molar-refractivity contribution in [1.29, 1.82) is 0 Å². The number of nitrogens with one attached hydrogen (secondary N) is 1. The molecular weight excluding hydrogens is 491 g/mol. The van der Waals surface area contributed by atoms with Gasteiger partial charge in [-0.3, -0.25) is 14.8 Å². The molecule has 0 radical (unpaired) electrons. The second-order valence-corrected chi connectivity index (χ2v) is 9.80. The van der Waals surface area contributed by atoms with E-state index in [-0.39, 0.29) is 18.6 Å². The van der Waals surface area contributed by atoms with Crippen molar-refractivity contribution in [3.8, 4) is 0 Å². The Hall–Kier alpha value is -2.88. The van der Waals surface area contributed by atoms with Crippen LogP contribution in [0.3, 0.4) is 0 Å². The summed E-state index contributed by atoms with van der Waals surface area (Å²) in [6.45, 7) is 4.38. The van der Waals surface area contributed by atoms with Crippen molar-refractivity contribution >= 4 is 46.2 Å². The zero-order valence-electron chi connectivity index (χ0n) is 19.1. The van der Waals surface area contributed by atoms with Gasteiger partial charge in [-0.1, -0.05) is 28.4 Å². The Morgan fingerprint density at radius 3 is 2.37 bits per heavy atom. The van der Waals surface area contributed by atoms with Crippen molar-refractivity contribution < 1.29 is 14.3 Å². The Morgan fingerprint density at radius 1 is 0.943 bits per heavy atom. The van der Waals surface area contributed by atoms with Gasteiger partial charge in [0.2, 0.25) is 0 Å². The molecule has 0 atom stereocenters. The third-order valence-electron chi connectivity index (χ3n) is 6.70. The van der Waals surface area contributed by atoms with Crippen LogP contribution in [0.15, 0.2) is 36.4 Å². The van der Waals surface area contributed by atoms with Gasteiger partial charge in [-0.25, -0.2) is 4.79 Å². The van der Waals surface area contributed by atoms with Crippen molar-refractivity contribution in [2.75, 3.05) is 39.3 Å². The molecule has 184 valence electrons. The number of aromatic amines is 1. The maximum atomic E-state index is 12.9. The molecule has 2 aromatic carbocycles. The molecular formula is C24H26Cl2N6O3. The standard InChI is InChI=1S/C24H26Cl2N6O3/c25-18-11-16(12-19(26)14-18)15-35-24(34)32-9-7-30(8-10-32)20-3-5-31(6-4-20)23(33)17-1-2-21-22(13-17)28-29-27-21/h1-2,11-14,20H,3-10,15H2,(H,27,28,29). The molecule has 3 aromatic rings. The van der Waals surface area contributed by atoms with Crippen molar-refractivity contribution in [1.82, 2.24) is 30.1 Å². The first kappa shape index (κ1) is 23.8. The predicted octanol–water partition coefficient (Wildman–Crippen LogP) is 3.82. The number of ether oxygens (including phenoxy) is 1. The second kappa shape index (κ2) is 10.4. The quantitative estimate of drug-likeness (QED) is 0.566. The van der Waals surface area contributed by atoms with Crippen LogP contribution >= 0.6 is 23.2 Å². The van der Waals surface area contributed by atoms with E-state index in [2.05, 4.69) is 20.3 Å². The lowest BCUT2D eigenvalue weighted by Gasteiger charge is -2.42. The highest BCUT2D eigenvalue weighted by Crippen LogP contribution is 2.22. The van der Waals surface area contributed by atoms with Crippen molar-refractivity contribution in [2.45, 2.75) is 25.5 Å². The summed E-state index contributed by atoms with van der Waals surface area (Å²) >= 11 is 12.0. The number of H-pyrrole nitrogens is 1. The summed E-state index contributed by atoms with van der Waals surface area (Å²) in [6, 6.07) is 11.0. The average Bonchev–Trinajstić information content (AvgIpc) is 3.34. The third kappa shape index (κ3) is 5.52. The molecule has 1 N–H and O–H groups in total. The minimum absolute atomic E-state index is 0.0295. The normalized spacial score (nSPS) is 17.7. The molecule has 0 aliphatic carbocycles. The van der Waals surface area contributed by atoms with E-state index in [0.717, 1.165) is 37.0 Å². The smallest absolute Gasteiger partial charge is 0.410 e. The lowest BCUT2D eigenvalue weighted by atomic mass is 10.0. The highest BCUT2D eigenvalue weighted by molar-refractivity contribution is 6.34. The van der Waals surface area contributed by atoms with Gasteiger partial charge >= 0.3 is 6.09 Å². The van der Waals surface area contributed by atoms with Gasteiger partial charge in [0, 0.05) is 60.9 Å². The maximum absolute atomic E-state index is 12.9. The summed E-state index contributed by atoms with van der Waals surface area (Å²) in [5, 5.41) is 11.6. The van der Waals surface area contributed by atoms with E-state index in [1.54, 1.807) is 29.2 Å². The van der Waals surface area contributed by atoms with Crippen LogP contribution in [-0.4, -0.2) is 87.4 Å². The number of halogens is 2. The van der Waals surface area contributed by atoms with E-state index in [1.807, 2.05) is 17.0 Å². The SMILES string of the molecule is O=C(OCc1cc(Cl)cc(Cl)c1)N1CCN(C2CCN(C(=O)c3ccc4[nH]nnc4c3)CC2)CC1. The van der Waals surface area contributed by atoms with Gasteiger partial charge in [0.25, 0.3) is 5.91 Å². The lowest BCUT2D eigenvalue weighted by molar-refractivity contribution is 0.0394. The molecule has 3 heterocycles. The van der Waals surface area contributed by atoms with E-state index in [4.69, 9.17) is 27.9 Å². The van der Waals surface area contributed by atoms with Gasteiger partial charge in [-0.15, -0.1) is 5.10 Å². The highest BCUT2D eigenvalue weighted by atomic mass is 35.5. The molecule has 0 unspecified atom stereocenters. The molecule has 2 saturated heterocycles.